The molecule has 0 bridgehead atoms. The van der Waals surface area contributed by atoms with E-state index in [0.717, 1.165) is 24.2 Å². The van der Waals surface area contributed by atoms with Gasteiger partial charge in [-0.25, -0.2) is 4.79 Å². The number of ether oxygens (including phenoxy) is 3. The number of carbonyl (C=O) groups is 2. The molecule has 0 saturated carbocycles. The van der Waals surface area contributed by atoms with Gasteiger partial charge in [-0.2, -0.15) is 0 Å². The van der Waals surface area contributed by atoms with Gasteiger partial charge in [0, 0.05) is 18.9 Å². The molecule has 0 N–H and O–H groups in total. The fourth-order valence-electron chi connectivity index (χ4n) is 4.30. The molecule has 0 aliphatic carbocycles. The highest BCUT2D eigenvalue weighted by molar-refractivity contribution is 5.84. The van der Waals surface area contributed by atoms with Gasteiger partial charge < -0.3 is 19.1 Å². The van der Waals surface area contributed by atoms with Crippen molar-refractivity contribution in [3.05, 3.63) is 29.8 Å². The number of likely N-dealkylation sites (tertiary alicyclic amines) is 1. The van der Waals surface area contributed by atoms with Gasteiger partial charge in [-0.05, 0) is 31.4 Å². The van der Waals surface area contributed by atoms with Crippen LogP contribution in [-0.2, 0) is 25.5 Å². The zero-order valence-electron chi connectivity index (χ0n) is 14.5. The molecule has 25 heavy (non-hydrogen) atoms. The fourth-order valence-corrected chi connectivity index (χ4v) is 4.30. The van der Waals surface area contributed by atoms with Crippen LogP contribution < -0.4 is 4.74 Å². The lowest BCUT2D eigenvalue weighted by molar-refractivity contribution is -0.154. The number of esters is 1. The van der Waals surface area contributed by atoms with Crippen LogP contribution in [0.3, 0.4) is 0 Å². The summed E-state index contributed by atoms with van der Waals surface area (Å²) in [7, 11) is 1.36. The number of hydrogen-bond donors (Lipinski definition) is 0. The topological polar surface area (TPSA) is 65.1 Å². The van der Waals surface area contributed by atoms with Crippen LogP contribution in [0.2, 0.25) is 0 Å². The summed E-state index contributed by atoms with van der Waals surface area (Å²) in [6.45, 7) is 2.06. The number of carbonyl (C=O) groups excluding carboxylic acids is 2. The lowest BCUT2D eigenvalue weighted by atomic mass is 9.91. The summed E-state index contributed by atoms with van der Waals surface area (Å²) >= 11 is 0. The van der Waals surface area contributed by atoms with Gasteiger partial charge in [0.05, 0.1) is 19.3 Å². The van der Waals surface area contributed by atoms with Crippen LogP contribution in [0.25, 0.3) is 0 Å². The van der Waals surface area contributed by atoms with Crippen LogP contribution in [0.1, 0.15) is 31.7 Å². The molecule has 6 heteroatoms. The van der Waals surface area contributed by atoms with E-state index in [1.165, 1.54) is 7.11 Å². The van der Waals surface area contributed by atoms with Gasteiger partial charge >= 0.3 is 5.97 Å². The van der Waals surface area contributed by atoms with Crippen LogP contribution >= 0.6 is 0 Å². The Morgan fingerprint density at radius 2 is 2.00 bits per heavy atom. The first-order chi connectivity index (χ1) is 12.1. The molecule has 2 fully saturated rings. The zero-order valence-corrected chi connectivity index (χ0v) is 14.5. The maximum Gasteiger partial charge on any atom is 0.335 e. The van der Waals surface area contributed by atoms with Gasteiger partial charge in [0.25, 0.3) is 5.91 Å². The van der Waals surface area contributed by atoms with Crippen molar-refractivity contribution in [2.24, 2.45) is 0 Å². The number of para-hydroxylation sites is 1. The van der Waals surface area contributed by atoms with Crippen molar-refractivity contribution in [3.63, 3.8) is 0 Å². The molecule has 0 radical (unpaired) electrons. The molecule has 2 saturated heterocycles. The van der Waals surface area contributed by atoms with Crippen molar-refractivity contribution in [1.82, 2.24) is 4.90 Å². The first kappa shape index (κ1) is 16.4. The number of methoxy groups -OCH3 is 1. The van der Waals surface area contributed by atoms with Crippen LogP contribution in [-0.4, -0.2) is 54.3 Å². The number of fused-ring (bicyclic) bond motifs is 2. The molecule has 0 spiro atoms. The quantitative estimate of drug-likeness (QED) is 0.764. The summed E-state index contributed by atoms with van der Waals surface area (Å²) in [5.41, 5.74) is 1.07. The minimum Gasteiger partial charge on any atom is -0.480 e. The molecule has 3 heterocycles. The van der Waals surface area contributed by atoms with Crippen molar-refractivity contribution in [3.8, 4) is 5.75 Å². The van der Waals surface area contributed by atoms with Crippen molar-refractivity contribution in [1.29, 1.82) is 0 Å². The van der Waals surface area contributed by atoms with Crippen LogP contribution in [0.5, 0.6) is 5.75 Å². The molecule has 3 aliphatic rings. The van der Waals surface area contributed by atoms with Gasteiger partial charge in [0.15, 0.2) is 12.2 Å². The highest BCUT2D eigenvalue weighted by Crippen LogP contribution is 2.37. The molecule has 1 amide bonds. The van der Waals surface area contributed by atoms with Crippen molar-refractivity contribution >= 4 is 11.9 Å². The molecular weight excluding hydrogens is 322 g/mol. The average Bonchev–Trinajstić information content (AvgIpc) is 3.24. The molecule has 0 unspecified atom stereocenters. The first-order valence-electron chi connectivity index (χ1n) is 8.88. The minimum absolute atomic E-state index is 0.00693. The van der Waals surface area contributed by atoms with Crippen molar-refractivity contribution in [2.75, 3.05) is 7.11 Å². The molecule has 5 atom stereocenters. The standard InChI is InChI=1S/C19H23NO5/c1-11-7-8-15-13(10-17(25-15)19(22)23-2)20(11)18(21)16-9-12-5-3-4-6-14(12)24-16/h3-6,11,13,15-17H,7-10H2,1-2H3/t11-,13+,15-,16+,17-/m0/s1. The second-order valence-electron chi connectivity index (χ2n) is 7.08. The molecule has 6 nitrogen and oxygen atoms in total. The Labute approximate surface area is 147 Å². The van der Waals surface area contributed by atoms with Gasteiger partial charge in [0.2, 0.25) is 0 Å². The molecule has 4 rings (SSSR count). The monoisotopic (exact) mass is 345 g/mol. The number of hydrogen-bond acceptors (Lipinski definition) is 5. The molecular formula is C19H23NO5. The Morgan fingerprint density at radius 1 is 1.20 bits per heavy atom. The normalized spacial score (nSPS) is 33.4. The Hall–Kier alpha value is -2.08. The molecule has 0 aromatic heterocycles. The predicted molar refractivity (Wildman–Crippen MR) is 89.2 cm³/mol. The highest BCUT2D eigenvalue weighted by atomic mass is 16.6. The van der Waals surface area contributed by atoms with E-state index in [4.69, 9.17) is 14.2 Å². The van der Waals surface area contributed by atoms with E-state index < -0.39 is 12.2 Å². The summed E-state index contributed by atoms with van der Waals surface area (Å²) in [5.74, 6) is 0.420. The number of benzene rings is 1. The third kappa shape index (κ3) is 2.78. The molecule has 134 valence electrons. The number of rotatable bonds is 2. The largest absolute Gasteiger partial charge is 0.480 e. The number of nitrogens with zero attached hydrogens (tertiary/aromatic N) is 1. The molecule has 1 aromatic carbocycles. The summed E-state index contributed by atoms with van der Waals surface area (Å²) in [4.78, 5) is 26.9. The van der Waals surface area contributed by atoms with Crippen molar-refractivity contribution in [2.45, 2.75) is 63.0 Å². The summed E-state index contributed by atoms with van der Waals surface area (Å²) in [6, 6.07) is 7.79. The summed E-state index contributed by atoms with van der Waals surface area (Å²) < 4.78 is 16.6. The molecule has 1 aromatic rings. The number of amides is 1. The van der Waals surface area contributed by atoms with Crippen LogP contribution in [0, 0.1) is 0 Å². The first-order valence-corrected chi connectivity index (χ1v) is 8.88. The van der Waals surface area contributed by atoms with E-state index in [1.807, 2.05) is 29.2 Å². The third-order valence-corrected chi connectivity index (χ3v) is 5.57. The van der Waals surface area contributed by atoms with Crippen LogP contribution in [0.15, 0.2) is 24.3 Å². The average molecular weight is 345 g/mol. The van der Waals surface area contributed by atoms with E-state index in [0.29, 0.717) is 12.8 Å². The third-order valence-electron chi connectivity index (χ3n) is 5.57. The summed E-state index contributed by atoms with van der Waals surface area (Å²) in [5, 5.41) is 0. The van der Waals surface area contributed by atoms with Gasteiger partial charge in [-0.1, -0.05) is 18.2 Å². The lowest BCUT2D eigenvalue weighted by Crippen LogP contribution is -2.56. The maximum absolute atomic E-state index is 13.2. The summed E-state index contributed by atoms with van der Waals surface area (Å²) in [6.07, 6.45) is 1.63. The minimum atomic E-state index is -0.581. The second kappa shape index (κ2) is 6.33. The fraction of sp³-hybridized carbons (Fsp3) is 0.579. The predicted octanol–water partition coefficient (Wildman–Crippen LogP) is 1.70. The maximum atomic E-state index is 13.2. The highest BCUT2D eigenvalue weighted by Gasteiger charge is 2.49. The van der Waals surface area contributed by atoms with E-state index in [9.17, 15) is 9.59 Å². The second-order valence-corrected chi connectivity index (χ2v) is 7.08. The molecule has 3 aliphatic heterocycles. The smallest absolute Gasteiger partial charge is 0.335 e. The SMILES string of the molecule is COC(=O)[C@@H]1C[C@@H]2[C@H](CC[C@H](C)N2C(=O)[C@H]2Cc3ccccc3O2)O1. The van der Waals surface area contributed by atoms with E-state index in [2.05, 4.69) is 6.92 Å². The van der Waals surface area contributed by atoms with E-state index >= 15 is 0 Å². The van der Waals surface area contributed by atoms with E-state index in [-0.39, 0.29) is 30.1 Å². The zero-order chi connectivity index (χ0) is 17.6. The Morgan fingerprint density at radius 3 is 2.76 bits per heavy atom. The Kier molecular flexibility index (Phi) is 4.15. The number of piperidine rings is 1. The Balaban J connectivity index is 1.52. The van der Waals surface area contributed by atoms with E-state index in [1.54, 1.807) is 0 Å². The van der Waals surface area contributed by atoms with Crippen LogP contribution in [0.4, 0.5) is 0 Å². The Bertz CT molecular complexity index is 665. The van der Waals surface area contributed by atoms with Crippen molar-refractivity contribution < 1.29 is 23.8 Å². The van der Waals surface area contributed by atoms with Gasteiger partial charge in [-0.3, -0.25) is 4.79 Å². The van der Waals surface area contributed by atoms with Gasteiger partial charge in [-0.15, -0.1) is 0 Å². The lowest BCUT2D eigenvalue weighted by Gasteiger charge is -2.42. The van der Waals surface area contributed by atoms with Gasteiger partial charge in [0.1, 0.15) is 5.75 Å².